The highest BCUT2D eigenvalue weighted by atomic mass is 32.1. The van der Waals surface area contributed by atoms with Crippen LogP contribution in [0.3, 0.4) is 0 Å². The first-order chi connectivity index (χ1) is 14.6. The second kappa shape index (κ2) is 8.84. The molecule has 150 valence electrons. The van der Waals surface area contributed by atoms with Crippen LogP contribution in [0.2, 0.25) is 0 Å². The van der Waals surface area contributed by atoms with Crippen LogP contribution in [-0.4, -0.2) is 26.5 Å². The van der Waals surface area contributed by atoms with Crippen molar-refractivity contribution in [3.05, 3.63) is 83.5 Å². The lowest BCUT2D eigenvalue weighted by Crippen LogP contribution is -2.12. The van der Waals surface area contributed by atoms with E-state index in [-0.39, 0.29) is 11.7 Å². The van der Waals surface area contributed by atoms with Gasteiger partial charge >= 0.3 is 0 Å². The van der Waals surface area contributed by atoms with Crippen LogP contribution in [-0.2, 0) is 11.2 Å². The fourth-order valence-corrected chi connectivity index (χ4v) is 3.95. The third-order valence-electron chi connectivity index (χ3n) is 4.54. The fraction of sp³-hybridized carbons (Fsp3) is 0.130. The van der Waals surface area contributed by atoms with Crippen LogP contribution in [0.1, 0.15) is 28.6 Å². The van der Waals surface area contributed by atoms with Gasteiger partial charge in [0.05, 0.1) is 22.5 Å². The van der Waals surface area contributed by atoms with Gasteiger partial charge in [0.15, 0.2) is 10.9 Å². The minimum absolute atomic E-state index is 0.0693. The molecular weight excluding hydrogens is 396 g/mol. The van der Waals surface area contributed by atoms with E-state index in [9.17, 15) is 9.59 Å². The van der Waals surface area contributed by atoms with Gasteiger partial charge in [0, 0.05) is 25.1 Å². The van der Waals surface area contributed by atoms with Gasteiger partial charge in [-0.3, -0.25) is 9.59 Å². The molecule has 0 radical (unpaired) electrons. The van der Waals surface area contributed by atoms with Gasteiger partial charge in [0.2, 0.25) is 5.91 Å². The van der Waals surface area contributed by atoms with Crippen LogP contribution in [0.15, 0.2) is 73.1 Å². The number of amides is 1. The van der Waals surface area contributed by atoms with Crippen LogP contribution >= 0.6 is 11.3 Å². The van der Waals surface area contributed by atoms with Crippen molar-refractivity contribution in [1.82, 2.24) is 14.8 Å². The lowest BCUT2D eigenvalue weighted by atomic mass is 10.1. The summed E-state index contributed by atoms with van der Waals surface area (Å²) >= 11 is 1.20. The van der Waals surface area contributed by atoms with E-state index in [2.05, 4.69) is 15.4 Å². The van der Waals surface area contributed by atoms with E-state index in [1.54, 1.807) is 10.9 Å². The summed E-state index contributed by atoms with van der Waals surface area (Å²) < 4.78 is 1.79. The van der Waals surface area contributed by atoms with E-state index in [1.807, 2.05) is 66.9 Å². The molecule has 6 nitrogen and oxygen atoms in total. The van der Waals surface area contributed by atoms with E-state index in [0.717, 1.165) is 16.8 Å². The Balaban J connectivity index is 1.41. The number of anilines is 1. The molecular formula is C23H20N4O2S. The molecule has 0 spiro atoms. The second-order valence-corrected chi connectivity index (χ2v) is 7.79. The molecule has 0 aliphatic heterocycles. The quantitative estimate of drug-likeness (QED) is 0.440. The maximum atomic E-state index is 12.4. The number of para-hydroxylation sites is 1. The topological polar surface area (TPSA) is 76.9 Å². The van der Waals surface area contributed by atoms with Crippen molar-refractivity contribution in [2.45, 2.75) is 19.8 Å². The monoisotopic (exact) mass is 416 g/mol. The van der Waals surface area contributed by atoms with Gasteiger partial charge in [-0.25, -0.2) is 9.67 Å². The highest BCUT2D eigenvalue weighted by Gasteiger charge is 2.18. The maximum absolute atomic E-state index is 12.4. The van der Waals surface area contributed by atoms with Crippen molar-refractivity contribution in [3.8, 4) is 16.9 Å². The average molecular weight is 417 g/mol. The Hall–Kier alpha value is -3.58. The molecule has 0 unspecified atom stereocenters. The summed E-state index contributed by atoms with van der Waals surface area (Å²) in [4.78, 5) is 29.5. The summed E-state index contributed by atoms with van der Waals surface area (Å²) in [6.45, 7) is 1.51. The number of rotatable bonds is 7. The van der Waals surface area contributed by atoms with Crippen LogP contribution in [0.5, 0.6) is 0 Å². The smallest absolute Gasteiger partial charge is 0.226 e. The van der Waals surface area contributed by atoms with Gasteiger partial charge in [0.1, 0.15) is 0 Å². The number of Topliss-reactive ketones (excluding diaryl/α,β-unsaturated/α-hetero) is 1. The Labute approximate surface area is 178 Å². The second-order valence-electron chi connectivity index (χ2n) is 6.80. The molecule has 1 amide bonds. The molecule has 0 bridgehead atoms. The molecule has 0 saturated heterocycles. The van der Waals surface area contributed by atoms with E-state index >= 15 is 0 Å². The maximum Gasteiger partial charge on any atom is 0.226 e. The van der Waals surface area contributed by atoms with Crippen molar-refractivity contribution in [1.29, 1.82) is 0 Å². The number of carbonyl (C=O) groups excluding carboxylic acids is 2. The number of nitrogens with one attached hydrogen (secondary N) is 1. The lowest BCUT2D eigenvalue weighted by molar-refractivity contribution is -0.116. The van der Waals surface area contributed by atoms with Gasteiger partial charge in [-0.15, -0.1) is 0 Å². The Kier molecular flexibility index (Phi) is 5.81. The number of thiazole rings is 1. The number of carbonyl (C=O) groups is 2. The SMILES string of the molecule is CC(=O)c1sc(NC(=O)CCc2cnn(-c3ccccc3)c2)nc1-c1ccccc1. The Morgan fingerprint density at radius 3 is 2.43 bits per heavy atom. The number of aryl methyl sites for hydroxylation is 1. The third-order valence-corrected chi connectivity index (χ3v) is 5.61. The first-order valence-electron chi connectivity index (χ1n) is 9.56. The van der Waals surface area contributed by atoms with Gasteiger partial charge in [0.25, 0.3) is 0 Å². The Morgan fingerprint density at radius 2 is 1.73 bits per heavy atom. The summed E-state index contributed by atoms with van der Waals surface area (Å²) in [6, 6.07) is 19.3. The van der Waals surface area contributed by atoms with Gasteiger partial charge in [-0.05, 0) is 24.1 Å². The van der Waals surface area contributed by atoms with Crippen LogP contribution in [0, 0.1) is 0 Å². The molecule has 4 aromatic rings. The Bertz CT molecular complexity index is 1170. The first-order valence-corrected chi connectivity index (χ1v) is 10.4. The largest absolute Gasteiger partial charge is 0.302 e. The normalized spacial score (nSPS) is 10.7. The van der Waals surface area contributed by atoms with Crippen molar-refractivity contribution in [2.24, 2.45) is 0 Å². The van der Waals surface area contributed by atoms with Gasteiger partial charge < -0.3 is 5.32 Å². The highest BCUT2D eigenvalue weighted by molar-refractivity contribution is 7.18. The van der Waals surface area contributed by atoms with Crippen LogP contribution in [0.25, 0.3) is 16.9 Å². The number of ketones is 1. The molecule has 1 N–H and O–H groups in total. The number of aromatic nitrogens is 3. The molecule has 0 aliphatic carbocycles. The number of nitrogens with zero attached hydrogens (tertiary/aromatic N) is 3. The zero-order valence-corrected chi connectivity index (χ0v) is 17.2. The number of hydrogen-bond donors (Lipinski definition) is 1. The molecule has 2 aromatic heterocycles. The van der Waals surface area contributed by atoms with E-state index < -0.39 is 0 Å². The van der Waals surface area contributed by atoms with Crippen molar-refractivity contribution >= 4 is 28.2 Å². The minimum Gasteiger partial charge on any atom is -0.302 e. The summed E-state index contributed by atoms with van der Waals surface area (Å²) in [5, 5.41) is 7.61. The fourth-order valence-electron chi connectivity index (χ4n) is 3.05. The summed E-state index contributed by atoms with van der Waals surface area (Å²) in [6.07, 6.45) is 4.56. The third kappa shape index (κ3) is 4.52. The van der Waals surface area contributed by atoms with Crippen molar-refractivity contribution in [2.75, 3.05) is 5.32 Å². The highest BCUT2D eigenvalue weighted by Crippen LogP contribution is 2.31. The summed E-state index contributed by atoms with van der Waals surface area (Å²) in [5.74, 6) is -0.217. The van der Waals surface area contributed by atoms with E-state index in [4.69, 9.17) is 0 Å². The first kappa shape index (κ1) is 19.7. The molecule has 2 aromatic carbocycles. The number of hydrogen-bond acceptors (Lipinski definition) is 5. The minimum atomic E-state index is -0.147. The van der Waals surface area contributed by atoms with Gasteiger partial charge in [-0.1, -0.05) is 59.9 Å². The van der Waals surface area contributed by atoms with E-state index in [1.165, 1.54) is 18.3 Å². The van der Waals surface area contributed by atoms with Crippen molar-refractivity contribution in [3.63, 3.8) is 0 Å². The van der Waals surface area contributed by atoms with E-state index in [0.29, 0.717) is 28.5 Å². The summed E-state index contributed by atoms with van der Waals surface area (Å²) in [7, 11) is 0. The molecule has 0 saturated carbocycles. The predicted octanol–water partition coefficient (Wildman–Crippen LogP) is 4.77. The Morgan fingerprint density at radius 1 is 1.03 bits per heavy atom. The molecule has 0 fully saturated rings. The predicted molar refractivity (Wildman–Crippen MR) is 118 cm³/mol. The molecule has 7 heteroatoms. The summed E-state index contributed by atoms with van der Waals surface area (Å²) in [5.41, 5.74) is 3.41. The van der Waals surface area contributed by atoms with Crippen molar-refractivity contribution < 1.29 is 9.59 Å². The molecule has 2 heterocycles. The zero-order valence-electron chi connectivity index (χ0n) is 16.4. The standard InChI is InChI=1S/C23H20N4O2S/c1-16(28)22-21(18-8-4-2-5-9-18)26-23(30-22)25-20(29)13-12-17-14-24-27(15-17)19-10-6-3-7-11-19/h2-11,14-15H,12-13H2,1H3,(H,25,26,29). The number of benzene rings is 2. The average Bonchev–Trinajstić information content (AvgIpc) is 3.41. The zero-order chi connectivity index (χ0) is 20.9. The molecule has 0 aliphatic rings. The molecule has 0 atom stereocenters. The lowest BCUT2D eigenvalue weighted by Gasteiger charge is -2.01. The van der Waals surface area contributed by atoms with Gasteiger partial charge in [-0.2, -0.15) is 5.10 Å². The molecule has 4 rings (SSSR count). The van der Waals surface area contributed by atoms with Crippen LogP contribution < -0.4 is 5.32 Å². The van der Waals surface area contributed by atoms with Crippen LogP contribution in [0.4, 0.5) is 5.13 Å². The molecule has 30 heavy (non-hydrogen) atoms.